The average molecular weight is 425 g/mol. The number of benzene rings is 3. The SMILES string of the molecule is Cc1nc(Nc2cccc(C(=O)Nc3ccccc3[N+](=O)[O-])c2)cc(-c2ccccc2)n1. The Hall–Kier alpha value is -4.59. The summed E-state index contributed by atoms with van der Waals surface area (Å²) in [6, 6.07) is 24.4. The van der Waals surface area contributed by atoms with Crippen LogP contribution >= 0.6 is 0 Å². The van der Waals surface area contributed by atoms with Gasteiger partial charge in [-0.1, -0.05) is 48.5 Å². The third-order valence-corrected chi connectivity index (χ3v) is 4.65. The van der Waals surface area contributed by atoms with Gasteiger partial charge in [-0.2, -0.15) is 0 Å². The molecule has 2 N–H and O–H groups in total. The van der Waals surface area contributed by atoms with Crippen LogP contribution in [0, 0.1) is 17.0 Å². The third-order valence-electron chi connectivity index (χ3n) is 4.65. The highest BCUT2D eigenvalue weighted by Gasteiger charge is 2.16. The van der Waals surface area contributed by atoms with Crippen molar-refractivity contribution in [3.63, 3.8) is 0 Å². The van der Waals surface area contributed by atoms with E-state index in [1.54, 1.807) is 36.4 Å². The number of carbonyl (C=O) groups excluding carboxylic acids is 1. The zero-order valence-corrected chi connectivity index (χ0v) is 17.1. The van der Waals surface area contributed by atoms with Crippen LogP contribution in [0.15, 0.2) is 84.9 Å². The Balaban J connectivity index is 1.56. The standard InChI is InChI=1S/C24H19N5O3/c1-16-25-21(17-8-3-2-4-9-17)15-23(26-16)27-19-11-7-10-18(14-19)24(30)28-20-12-5-6-13-22(20)29(31)32/h2-15H,1H3,(H,28,30)(H,25,26,27). The second-order valence-corrected chi connectivity index (χ2v) is 6.99. The lowest BCUT2D eigenvalue weighted by molar-refractivity contribution is -0.383. The molecule has 0 unspecified atom stereocenters. The molecule has 4 aromatic rings. The number of nitro groups is 1. The molecule has 0 aliphatic rings. The lowest BCUT2D eigenvalue weighted by Gasteiger charge is -2.11. The van der Waals surface area contributed by atoms with Gasteiger partial charge in [-0.05, 0) is 31.2 Å². The first-order valence-corrected chi connectivity index (χ1v) is 9.82. The van der Waals surface area contributed by atoms with Crippen molar-refractivity contribution in [3.05, 3.63) is 106 Å². The summed E-state index contributed by atoms with van der Waals surface area (Å²) in [4.78, 5) is 32.3. The van der Waals surface area contributed by atoms with Crippen LogP contribution in [0.1, 0.15) is 16.2 Å². The van der Waals surface area contributed by atoms with Gasteiger partial charge in [0.25, 0.3) is 11.6 Å². The number of hydrogen-bond donors (Lipinski definition) is 2. The van der Waals surface area contributed by atoms with Crippen LogP contribution in [0.4, 0.5) is 22.9 Å². The normalized spacial score (nSPS) is 10.4. The number of aryl methyl sites for hydroxylation is 1. The third kappa shape index (κ3) is 4.76. The maximum atomic E-state index is 12.7. The van der Waals surface area contributed by atoms with Crippen LogP contribution < -0.4 is 10.6 Å². The van der Waals surface area contributed by atoms with Crippen molar-refractivity contribution in [2.45, 2.75) is 6.92 Å². The van der Waals surface area contributed by atoms with Crippen molar-refractivity contribution in [1.82, 2.24) is 9.97 Å². The van der Waals surface area contributed by atoms with Crippen molar-refractivity contribution >= 4 is 28.8 Å². The molecular weight excluding hydrogens is 406 g/mol. The summed E-state index contributed by atoms with van der Waals surface area (Å²) in [6.07, 6.45) is 0. The van der Waals surface area contributed by atoms with Gasteiger partial charge in [-0.25, -0.2) is 9.97 Å². The maximum Gasteiger partial charge on any atom is 0.292 e. The number of hydrogen-bond acceptors (Lipinski definition) is 6. The fourth-order valence-corrected chi connectivity index (χ4v) is 3.21. The van der Waals surface area contributed by atoms with Gasteiger partial charge in [-0.15, -0.1) is 0 Å². The van der Waals surface area contributed by atoms with Crippen LogP contribution in [0.5, 0.6) is 0 Å². The van der Waals surface area contributed by atoms with Crippen LogP contribution in [0.3, 0.4) is 0 Å². The van der Waals surface area contributed by atoms with E-state index in [4.69, 9.17) is 0 Å². The van der Waals surface area contributed by atoms with E-state index in [1.165, 1.54) is 12.1 Å². The van der Waals surface area contributed by atoms with Crippen LogP contribution in [-0.2, 0) is 0 Å². The number of anilines is 3. The molecule has 4 rings (SSSR count). The second kappa shape index (κ2) is 9.05. The van der Waals surface area contributed by atoms with E-state index in [1.807, 2.05) is 43.3 Å². The van der Waals surface area contributed by atoms with Gasteiger partial charge in [0, 0.05) is 28.9 Å². The number of aromatic nitrogens is 2. The topological polar surface area (TPSA) is 110 Å². The summed E-state index contributed by atoms with van der Waals surface area (Å²) in [6.45, 7) is 1.81. The first kappa shape index (κ1) is 20.7. The Labute approximate surface area is 184 Å². The highest BCUT2D eigenvalue weighted by molar-refractivity contribution is 6.06. The number of amides is 1. The predicted octanol–water partition coefficient (Wildman–Crippen LogP) is 5.36. The largest absolute Gasteiger partial charge is 0.340 e. The Morgan fingerprint density at radius 2 is 1.66 bits per heavy atom. The Kier molecular flexibility index (Phi) is 5.85. The van der Waals surface area contributed by atoms with Crippen molar-refractivity contribution in [3.8, 4) is 11.3 Å². The minimum atomic E-state index is -0.532. The minimum Gasteiger partial charge on any atom is -0.340 e. The molecule has 0 aliphatic carbocycles. The second-order valence-electron chi connectivity index (χ2n) is 6.99. The van der Waals surface area contributed by atoms with Gasteiger partial charge in [-0.3, -0.25) is 14.9 Å². The first-order chi connectivity index (χ1) is 15.5. The molecule has 0 atom stereocenters. The fourth-order valence-electron chi connectivity index (χ4n) is 3.21. The van der Waals surface area contributed by atoms with E-state index in [0.29, 0.717) is 22.9 Å². The Morgan fingerprint density at radius 3 is 2.44 bits per heavy atom. The lowest BCUT2D eigenvalue weighted by Crippen LogP contribution is -2.13. The number of nitrogens with one attached hydrogen (secondary N) is 2. The highest BCUT2D eigenvalue weighted by atomic mass is 16.6. The molecule has 8 nitrogen and oxygen atoms in total. The zero-order chi connectivity index (χ0) is 22.5. The number of carbonyl (C=O) groups is 1. The molecule has 0 saturated heterocycles. The minimum absolute atomic E-state index is 0.139. The molecule has 0 bridgehead atoms. The number of nitrogens with zero attached hydrogens (tertiary/aromatic N) is 3. The molecule has 0 fully saturated rings. The number of nitro benzene ring substituents is 1. The number of rotatable bonds is 6. The van der Waals surface area contributed by atoms with Crippen molar-refractivity contribution in [2.24, 2.45) is 0 Å². The van der Waals surface area contributed by atoms with Gasteiger partial charge in [0.15, 0.2) is 0 Å². The average Bonchev–Trinajstić information content (AvgIpc) is 2.79. The van der Waals surface area contributed by atoms with E-state index in [0.717, 1.165) is 11.3 Å². The summed E-state index contributed by atoms with van der Waals surface area (Å²) >= 11 is 0. The molecule has 0 spiro atoms. The van der Waals surface area contributed by atoms with Gasteiger partial charge >= 0.3 is 0 Å². The summed E-state index contributed by atoms with van der Waals surface area (Å²) in [5.41, 5.74) is 2.73. The molecule has 0 radical (unpaired) electrons. The van der Waals surface area contributed by atoms with Gasteiger partial charge < -0.3 is 10.6 Å². The smallest absolute Gasteiger partial charge is 0.292 e. The summed E-state index contributed by atoms with van der Waals surface area (Å²) in [5, 5.41) is 17.0. The molecule has 32 heavy (non-hydrogen) atoms. The summed E-state index contributed by atoms with van der Waals surface area (Å²) in [5.74, 6) is 0.749. The molecule has 8 heteroatoms. The van der Waals surface area contributed by atoms with E-state index in [9.17, 15) is 14.9 Å². The Morgan fingerprint density at radius 1 is 0.906 bits per heavy atom. The Bertz CT molecular complexity index is 1290. The van der Waals surface area contributed by atoms with Crippen LogP contribution in [0.25, 0.3) is 11.3 Å². The molecule has 0 saturated carbocycles. The quantitative estimate of drug-likeness (QED) is 0.318. The fraction of sp³-hybridized carbons (Fsp3) is 0.0417. The molecule has 3 aromatic carbocycles. The van der Waals surface area contributed by atoms with Crippen LogP contribution in [-0.4, -0.2) is 20.8 Å². The van der Waals surface area contributed by atoms with Crippen molar-refractivity contribution < 1.29 is 9.72 Å². The van der Waals surface area contributed by atoms with E-state index in [-0.39, 0.29) is 11.4 Å². The predicted molar refractivity (Wildman–Crippen MR) is 123 cm³/mol. The van der Waals surface area contributed by atoms with Gasteiger partial charge in [0.1, 0.15) is 17.3 Å². The molecule has 158 valence electrons. The monoisotopic (exact) mass is 425 g/mol. The summed E-state index contributed by atoms with van der Waals surface area (Å²) < 4.78 is 0. The van der Waals surface area contributed by atoms with Crippen molar-refractivity contribution in [1.29, 1.82) is 0 Å². The summed E-state index contributed by atoms with van der Waals surface area (Å²) in [7, 11) is 0. The van der Waals surface area contributed by atoms with Gasteiger partial charge in [0.2, 0.25) is 0 Å². The van der Waals surface area contributed by atoms with Gasteiger partial charge in [0.05, 0.1) is 10.6 Å². The first-order valence-electron chi connectivity index (χ1n) is 9.82. The van der Waals surface area contributed by atoms with E-state index >= 15 is 0 Å². The van der Waals surface area contributed by atoms with E-state index < -0.39 is 10.8 Å². The van der Waals surface area contributed by atoms with Crippen LogP contribution in [0.2, 0.25) is 0 Å². The van der Waals surface area contributed by atoms with Crippen molar-refractivity contribution in [2.75, 3.05) is 10.6 Å². The molecule has 1 heterocycles. The lowest BCUT2D eigenvalue weighted by atomic mass is 10.1. The number of para-hydroxylation sites is 2. The highest BCUT2D eigenvalue weighted by Crippen LogP contribution is 2.25. The molecule has 1 aromatic heterocycles. The molecular formula is C24H19N5O3. The zero-order valence-electron chi connectivity index (χ0n) is 17.1. The molecule has 0 aliphatic heterocycles. The van der Waals surface area contributed by atoms with E-state index in [2.05, 4.69) is 20.6 Å². The molecule has 1 amide bonds. The maximum absolute atomic E-state index is 12.7.